The van der Waals surface area contributed by atoms with Gasteiger partial charge in [-0.2, -0.15) is 18.3 Å². The Kier molecular flexibility index (Phi) is 3.47. The summed E-state index contributed by atoms with van der Waals surface area (Å²) in [6.07, 6.45) is -2.20. The Morgan fingerprint density at radius 2 is 2.05 bits per heavy atom. The molecule has 0 saturated heterocycles. The second kappa shape index (κ2) is 4.95. The number of alkyl halides is 3. The Bertz CT molecular complexity index is 700. The van der Waals surface area contributed by atoms with Gasteiger partial charge in [0.15, 0.2) is 0 Å². The standard InChI is InChI=1S/C12H10F3N3O2/c1-17-9(4-5-16-17)10(19)7-18-6-2-3-8(11(18)20)12(13,14)15/h2-6H,7H2,1H3. The summed E-state index contributed by atoms with van der Waals surface area (Å²) < 4.78 is 39.8. The Hall–Kier alpha value is -2.38. The van der Waals surface area contributed by atoms with Crippen LogP contribution in [0.5, 0.6) is 0 Å². The largest absolute Gasteiger partial charge is 0.421 e. The predicted octanol–water partition coefficient (Wildman–Crippen LogP) is 1.48. The topological polar surface area (TPSA) is 56.9 Å². The van der Waals surface area contributed by atoms with Gasteiger partial charge in [-0.1, -0.05) is 0 Å². The van der Waals surface area contributed by atoms with E-state index in [0.717, 1.165) is 16.8 Å². The van der Waals surface area contributed by atoms with Crippen LogP contribution in [-0.2, 0) is 19.8 Å². The number of nitrogens with zero attached hydrogens (tertiary/aromatic N) is 3. The highest BCUT2D eigenvalue weighted by molar-refractivity contribution is 5.94. The summed E-state index contributed by atoms with van der Waals surface area (Å²) in [6, 6.07) is 3.20. The number of Topliss-reactive ketones (excluding diaryl/α,β-unsaturated/α-hetero) is 1. The fraction of sp³-hybridized carbons (Fsp3) is 0.250. The van der Waals surface area contributed by atoms with Crippen molar-refractivity contribution in [3.8, 4) is 0 Å². The van der Waals surface area contributed by atoms with E-state index in [1.807, 2.05) is 0 Å². The van der Waals surface area contributed by atoms with Crippen LogP contribution in [0.1, 0.15) is 16.1 Å². The van der Waals surface area contributed by atoms with E-state index >= 15 is 0 Å². The minimum Gasteiger partial charge on any atom is -0.307 e. The Balaban J connectivity index is 2.34. The molecular formula is C12H10F3N3O2. The summed E-state index contributed by atoms with van der Waals surface area (Å²) in [6.45, 7) is -0.470. The molecule has 0 fully saturated rings. The number of hydrogen-bond donors (Lipinski definition) is 0. The lowest BCUT2D eigenvalue weighted by molar-refractivity contribution is -0.138. The molecule has 2 aromatic heterocycles. The first-order valence-corrected chi connectivity index (χ1v) is 5.58. The number of pyridine rings is 1. The van der Waals surface area contributed by atoms with Crippen molar-refractivity contribution in [1.29, 1.82) is 0 Å². The van der Waals surface area contributed by atoms with Crippen LogP contribution in [0.4, 0.5) is 13.2 Å². The quantitative estimate of drug-likeness (QED) is 0.803. The highest BCUT2D eigenvalue weighted by Gasteiger charge is 2.34. The van der Waals surface area contributed by atoms with Crippen LogP contribution in [0, 0.1) is 0 Å². The van der Waals surface area contributed by atoms with Crippen molar-refractivity contribution in [1.82, 2.24) is 14.3 Å². The van der Waals surface area contributed by atoms with E-state index in [1.54, 1.807) is 0 Å². The Morgan fingerprint density at radius 1 is 1.35 bits per heavy atom. The molecular weight excluding hydrogens is 275 g/mol. The summed E-state index contributed by atoms with van der Waals surface area (Å²) in [5.74, 6) is -0.494. The molecule has 0 radical (unpaired) electrons. The molecule has 2 rings (SSSR count). The zero-order valence-corrected chi connectivity index (χ0v) is 10.4. The lowest BCUT2D eigenvalue weighted by atomic mass is 10.2. The summed E-state index contributed by atoms with van der Waals surface area (Å²) >= 11 is 0. The van der Waals surface area contributed by atoms with Crippen LogP contribution < -0.4 is 5.56 Å². The third-order valence-electron chi connectivity index (χ3n) is 2.75. The zero-order valence-electron chi connectivity index (χ0n) is 10.4. The van der Waals surface area contributed by atoms with E-state index in [0.29, 0.717) is 6.07 Å². The van der Waals surface area contributed by atoms with Crippen molar-refractivity contribution < 1.29 is 18.0 Å². The number of ketones is 1. The second-order valence-electron chi connectivity index (χ2n) is 4.12. The van der Waals surface area contributed by atoms with Gasteiger partial charge < -0.3 is 4.57 Å². The molecule has 2 aromatic rings. The van der Waals surface area contributed by atoms with Gasteiger partial charge in [0.05, 0.1) is 6.54 Å². The molecule has 0 bridgehead atoms. The lowest BCUT2D eigenvalue weighted by Crippen LogP contribution is -2.30. The maximum absolute atomic E-state index is 12.6. The first kappa shape index (κ1) is 14.0. The Labute approximate surface area is 111 Å². The first-order chi connectivity index (χ1) is 9.30. The van der Waals surface area contributed by atoms with Gasteiger partial charge in [-0.3, -0.25) is 14.3 Å². The van der Waals surface area contributed by atoms with Crippen molar-refractivity contribution in [2.75, 3.05) is 0 Å². The molecule has 106 valence electrons. The fourth-order valence-electron chi connectivity index (χ4n) is 1.76. The van der Waals surface area contributed by atoms with Gasteiger partial charge in [0, 0.05) is 19.4 Å². The fourth-order valence-corrected chi connectivity index (χ4v) is 1.76. The van der Waals surface area contributed by atoms with E-state index in [-0.39, 0.29) is 5.69 Å². The molecule has 0 aromatic carbocycles. The van der Waals surface area contributed by atoms with Crippen LogP contribution in [0.3, 0.4) is 0 Å². The first-order valence-electron chi connectivity index (χ1n) is 5.58. The molecule has 0 unspecified atom stereocenters. The molecule has 0 aliphatic carbocycles. The number of carbonyl (C=O) groups excluding carboxylic acids is 1. The van der Waals surface area contributed by atoms with Crippen LogP contribution in [0.15, 0.2) is 35.4 Å². The predicted molar refractivity (Wildman–Crippen MR) is 63.2 cm³/mol. The third-order valence-corrected chi connectivity index (χ3v) is 2.75. The van der Waals surface area contributed by atoms with Gasteiger partial charge in [-0.05, 0) is 18.2 Å². The second-order valence-corrected chi connectivity index (χ2v) is 4.12. The molecule has 0 aliphatic heterocycles. The van der Waals surface area contributed by atoms with Crippen LogP contribution in [0.2, 0.25) is 0 Å². The molecule has 0 aliphatic rings. The van der Waals surface area contributed by atoms with Gasteiger partial charge in [0.1, 0.15) is 11.3 Å². The van der Waals surface area contributed by atoms with Crippen LogP contribution in [0.25, 0.3) is 0 Å². The van der Waals surface area contributed by atoms with Crippen molar-refractivity contribution in [3.63, 3.8) is 0 Å². The number of hydrogen-bond acceptors (Lipinski definition) is 3. The van der Waals surface area contributed by atoms with Gasteiger partial charge in [0.25, 0.3) is 5.56 Å². The average Bonchev–Trinajstić information content (AvgIpc) is 2.76. The highest BCUT2D eigenvalue weighted by Crippen LogP contribution is 2.25. The zero-order chi connectivity index (χ0) is 14.9. The maximum atomic E-state index is 12.6. The van der Waals surface area contributed by atoms with Crippen LogP contribution in [-0.4, -0.2) is 20.1 Å². The number of aryl methyl sites for hydroxylation is 1. The van der Waals surface area contributed by atoms with Crippen molar-refractivity contribution in [3.05, 3.63) is 52.2 Å². The average molecular weight is 285 g/mol. The van der Waals surface area contributed by atoms with Crippen molar-refractivity contribution in [2.45, 2.75) is 12.7 Å². The summed E-state index contributed by atoms with van der Waals surface area (Å²) in [5, 5.41) is 3.79. The number of aromatic nitrogens is 3. The van der Waals surface area contributed by atoms with E-state index in [4.69, 9.17) is 0 Å². The molecule has 0 atom stereocenters. The number of carbonyl (C=O) groups is 1. The number of rotatable bonds is 3. The van der Waals surface area contributed by atoms with Crippen LogP contribution >= 0.6 is 0 Å². The molecule has 0 N–H and O–H groups in total. The third kappa shape index (κ3) is 2.63. The van der Waals surface area contributed by atoms with E-state index in [2.05, 4.69) is 5.10 Å². The monoisotopic (exact) mass is 285 g/mol. The Morgan fingerprint density at radius 3 is 2.60 bits per heavy atom. The maximum Gasteiger partial charge on any atom is 0.421 e. The van der Waals surface area contributed by atoms with E-state index < -0.39 is 29.6 Å². The normalized spacial score (nSPS) is 11.6. The van der Waals surface area contributed by atoms with Gasteiger partial charge >= 0.3 is 6.18 Å². The van der Waals surface area contributed by atoms with Crippen molar-refractivity contribution in [2.24, 2.45) is 7.05 Å². The summed E-state index contributed by atoms with van der Waals surface area (Å²) in [4.78, 5) is 23.6. The smallest absolute Gasteiger partial charge is 0.307 e. The molecule has 0 amide bonds. The summed E-state index contributed by atoms with van der Waals surface area (Å²) in [5.41, 5.74) is -2.32. The minimum absolute atomic E-state index is 0.217. The summed E-state index contributed by atoms with van der Waals surface area (Å²) in [7, 11) is 1.53. The van der Waals surface area contributed by atoms with E-state index in [1.165, 1.54) is 24.0 Å². The lowest BCUT2D eigenvalue weighted by Gasteiger charge is -2.09. The molecule has 2 heterocycles. The molecule has 0 saturated carbocycles. The van der Waals surface area contributed by atoms with Gasteiger partial charge in [-0.15, -0.1) is 0 Å². The molecule has 5 nitrogen and oxygen atoms in total. The minimum atomic E-state index is -4.74. The molecule has 20 heavy (non-hydrogen) atoms. The highest BCUT2D eigenvalue weighted by atomic mass is 19.4. The molecule has 0 spiro atoms. The molecule has 8 heteroatoms. The van der Waals surface area contributed by atoms with Gasteiger partial charge in [-0.25, -0.2) is 0 Å². The van der Waals surface area contributed by atoms with Gasteiger partial charge in [0.2, 0.25) is 5.78 Å². The SMILES string of the molecule is Cn1nccc1C(=O)Cn1cccc(C(F)(F)F)c1=O. The van der Waals surface area contributed by atoms with E-state index in [9.17, 15) is 22.8 Å². The number of halogens is 3. The van der Waals surface area contributed by atoms with Crippen molar-refractivity contribution >= 4 is 5.78 Å².